The molecular weight excluding hydrogens is 450 g/mol. The fourth-order valence-electron chi connectivity index (χ4n) is 3.98. The van der Waals surface area contributed by atoms with Gasteiger partial charge in [-0.05, 0) is 47.5 Å². The molecule has 3 aromatic carbocycles. The Morgan fingerprint density at radius 2 is 1.44 bits per heavy atom. The Hall–Kier alpha value is -3.90. The Balaban J connectivity index is 1.52. The summed E-state index contributed by atoms with van der Waals surface area (Å²) in [5.74, 6) is 0.935. The van der Waals surface area contributed by atoms with Crippen LogP contribution < -0.4 is 15.2 Å². The number of benzene rings is 3. The third kappa shape index (κ3) is 4.58. The first kappa shape index (κ1) is 21.9. The molecule has 1 saturated heterocycles. The van der Waals surface area contributed by atoms with Gasteiger partial charge in [0, 0.05) is 31.0 Å². The maximum atomic E-state index is 13.5. The fraction of sp³-hybridized carbons (Fsp3) is 0.148. The van der Waals surface area contributed by atoms with Gasteiger partial charge < -0.3 is 9.64 Å². The van der Waals surface area contributed by atoms with Gasteiger partial charge in [-0.3, -0.25) is 9.59 Å². The van der Waals surface area contributed by atoms with Crippen molar-refractivity contribution in [3.8, 4) is 28.3 Å². The molecule has 0 unspecified atom stereocenters. The van der Waals surface area contributed by atoms with Gasteiger partial charge in [0.05, 0.1) is 11.9 Å². The van der Waals surface area contributed by atoms with Crippen LogP contribution in [0.2, 0.25) is 5.02 Å². The molecule has 0 saturated carbocycles. The van der Waals surface area contributed by atoms with Gasteiger partial charge in [-0.2, -0.15) is 9.78 Å². The Bertz CT molecular complexity index is 1360. The average Bonchev–Trinajstić information content (AvgIpc) is 2.87. The highest BCUT2D eigenvalue weighted by Gasteiger charge is 2.24. The van der Waals surface area contributed by atoms with E-state index in [1.165, 1.54) is 4.68 Å². The van der Waals surface area contributed by atoms with E-state index in [9.17, 15) is 9.59 Å². The zero-order chi connectivity index (χ0) is 23.5. The molecule has 0 spiro atoms. The monoisotopic (exact) mass is 471 g/mol. The molecule has 0 atom stereocenters. The lowest BCUT2D eigenvalue weighted by Gasteiger charge is -2.29. The molecular formula is C27H22ClN3O3. The molecule has 4 aromatic rings. The van der Waals surface area contributed by atoms with Crippen molar-refractivity contribution >= 4 is 23.1 Å². The van der Waals surface area contributed by atoms with Crippen LogP contribution in [0.5, 0.6) is 11.5 Å². The van der Waals surface area contributed by atoms with E-state index in [1.807, 2.05) is 59.5 Å². The zero-order valence-corrected chi connectivity index (χ0v) is 19.1. The van der Waals surface area contributed by atoms with E-state index in [2.05, 4.69) is 5.10 Å². The van der Waals surface area contributed by atoms with Crippen molar-refractivity contribution in [2.75, 3.05) is 18.0 Å². The number of ketones is 1. The van der Waals surface area contributed by atoms with Gasteiger partial charge >= 0.3 is 5.56 Å². The number of halogens is 1. The number of hydrogen-bond acceptors (Lipinski definition) is 5. The minimum absolute atomic E-state index is 0.173. The molecule has 0 bridgehead atoms. The van der Waals surface area contributed by atoms with Crippen molar-refractivity contribution in [1.82, 2.24) is 9.78 Å². The van der Waals surface area contributed by atoms with Crippen LogP contribution in [-0.2, 0) is 4.79 Å². The molecule has 1 aromatic heterocycles. The van der Waals surface area contributed by atoms with Crippen LogP contribution in [0.3, 0.4) is 0 Å². The van der Waals surface area contributed by atoms with Gasteiger partial charge in [-0.1, -0.05) is 54.1 Å². The van der Waals surface area contributed by atoms with Gasteiger partial charge in [0.15, 0.2) is 0 Å². The van der Waals surface area contributed by atoms with Crippen molar-refractivity contribution < 1.29 is 9.53 Å². The predicted octanol–water partition coefficient (Wildman–Crippen LogP) is 5.51. The highest BCUT2D eigenvalue weighted by Crippen LogP contribution is 2.31. The Morgan fingerprint density at radius 3 is 2.12 bits per heavy atom. The average molecular weight is 472 g/mol. The summed E-state index contributed by atoms with van der Waals surface area (Å²) < 4.78 is 7.47. The molecule has 1 aliphatic rings. The second-order valence-electron chi connectivity index (χ2n) is 8.07. The topological polar surface area (TPSA) is 64.4 Å². The van der Waals surface area contributed by atoms with Crippen molar-refractivity contribution in [1.29, 1.82) is 0 Å². The van der Waals surface area contributed by atoms with Crippen molar-refractivity contribution in [2.45, 2.75) is 12.8 Å². The van der Waals surface area contributed by atoms with Gasteiger partial charge in [-0.15, -0.1) is 0 Å². The Morgan fingerprint density at radius 1 is 0.794 bits per heavy atom. The predicted molar refractivity (Wildman–Crippen MR) is 133 cm³/mol. The summed E-state index contributed by atoms with van der Waals surface area (Å²) in [6.07, 6.45) is 2.50. The standard InChI is InChI=1S/C27H22ClN3O3/c28-21-8-10-22(11-9-21)31-27(33)26(25(18-29-31)30-16-14-23(32)15-17-30)34-24-12-6-20(7-13-24)19-4-2-1-3-5-19/h1-13,18H,14-17H2. The van der Waals surface area contributed by atoms with E-state index in [0.29, 0.717) is 48.1 Å². The number of Topliss-reactive ketones (excluding diaryl/α,β-unsaturated/α-hetero) is 1. The largest absolute Gasteiger partial charge is 0.449 e. The summed E-state index contributed by atoms with van der Waals surface area (Å²) in [5, 5.41) is 4.95. The maximum Gasteiger partial charge on any atom is 0.316 e. The molecule has 1 aliphatic heterocycles. The molecule has 0 aliphatic carbocycles. The van der Waals surface area contributed by atoms with Gasteiger partial charge in [0.1, 0.15) is 17.2 Å². The van der Waals surface area contributed by atoms with Crippen molar-refractivity contribution in [2.24, 2.45) is 0 Å². The second kappa shape index (κ2) is 9.53. The molecule has 1 fully saturated rings. The number of hydrogen-bond donors (Lipinski definition) is 0. The zero-order valence-electron chi connectivity index (χ0n) is 18.4. The van der Waals surface area contributed by atoms with Crippen LogP contribution in [0.1, 0.15) is 12.8 Å². The molecule has 0 amide bonds. The number of nitrogens with zero attached hydrogens (tertiary/aromatic N) is 3. The summed E-state index contributed by atoms with van der Waals surface area (Å²) in [6, 6.07) is 24.5. The van der Waals surface area contributed by atoms with E-state index >= 15 is 0 Å². The van der Waals surface area contributed by atoms with Gasteiger partial charge in [0.2, 0.25) is 5.75 Å². The molecule has 7 heteroatoms. The lowest BCUT2D eigenvalue weighted by molar-refractivity contribution is -0.119. The van der Waals surface area contributed by atoms with Gasteiger partial charge in [0.25, 0.3) is 0 Å². The van der Waals surface area contributed by atoms with Crippen LogP contribution in [0.4, 0.5) is 5.69 Å². The highest BCUT2D eigenvalue weighted by molar-refractivity contribution is 6.30. The minimum atomic E-state index is -0.385. The first-order chi connectivity index (χ1) is 16.6. The molecule has 34 heavy (non-hydrogen) atoms. The quantitative estimate of drug-likeness (QED) is 0.383. The number of ether oxygens (including phenoxy) is 1. The summed E-state index contributed by atoms with van der Waals surface area (Å²) in [5.41, 5.74) is 2.93. The van der Waals surface area contributed by atoms with Crippen LogP contribution in [-0.4, -0.2) is 28.7 Å². The van der Waals surface area contributed by atoms with E-state index in [0.717, 1.165) is 11.1 Å². The number of piperidine rings is 1. The third-order valence-corrected chi connectivity index (χ3v) is 6.08. The lowest BCUT2D eigenvalue weighted by Crippen LogP contribution is -2.36. The fourth-order valence-corrected chi connectivity index (χ4v) is 4.10. The van der Waals surface area contributed by atoms with Crippen molar-refractivity contribution in [3.63, 3.8) is 0 Å². The van der Waals surface area contributed by atoms with Crippen LogP contribution in [0, 0.1) is 0 Å². The Kier molecular flexibility index (Phi) is 6.14. The van der Waals surface area contributed by atoms with E-state index in [-0.39, 0.29) is 17.1 Å². The highest BCUT2D eigenvalue weighted by atomic mass is 35.5. The summed E-state index contributed by atoms with van der Waals surface area (Å²) in [4.78, 5) is 27.3. The molecule has 5 rings (SSSR count). The molecule has 2 heterocycles. The Labute approximate surface area is 202 Å². The number of carbonyl (C=O) groups excluding carboxylic acids is 1. The first-order valence-electron chi connectivity index (χ1n) is 11.1. The van der Waals surface area contributed by atoms with Crippen LogP contribution in [0.15, 0.2) is 89.9 Å². The van der Waals surface area contributed by atoms with Gasteiger partial charge in [-0.25, -0.2) is 0 Å². The minimum Gasteiger partial charge on any atom is -0.449 e. The number of anilines is 1. The molecule has 0 N–H and O–H groups in total. The smallest absolute Gasteiger partial charge is 0.316 e. The SMILES string of the molecule is O=C1CCN(c2cnn(-c3ccc(Cl)cc3)c(=O)c2Oc2ccc(-c3ccccc3)cc2)CC1. The lowest BCUT2D eigenvalue weighted by atomic mass is 10.1. The van der Waals surface area contributed by atoms with E-state index in [1.54, 1.807) is 30.5 Å². The van der Waals surface area contributed by atoms with E-state index < -0.39 is 0 Å². The summed E-state index contributed by atoms with van der Waals surface area (Å²) >= 11 is 6.01. The second-order valence-corrected chi connectivity index (χ2v) is 8.51. The summed E-state index contributed by atoms with van der Waals surface area (Å²) in [7, 11) is 0. The summed E-state index contributed by atoms with van der Waals surface area (Å²) in [6.45, 7) is 1.04. The molecule has 170 valence electrons. The maximum absolute atomic E-state index is 13.5. The van der Waals surface area contributed by atoms with Crippen LogP contribution >= 0.6 is 11.6 Å². The number of aromatic nitrogens is 2. The van der Waals surface area contributed by atoms with Crippen molar-refractivity contribution in [3.05, 3.63) is 100 Å². The van der Waals surface area contributed by atoms with Crippen LogP contribution in [0.25, 0.3) is 16.8 Å². The first-order valence-corrected chi connectivity index (χ1v) is 11.4. The normalized spacial score (nSPS) is 13.7. The number of carbonyl (C=O) groups is 1. The third-order valence-electron chi connectivity index (χ3n) is 5.83. The molecule has 0 radical (unpaired) electrons. The molecule has 6 nitrogen and oxygen atoms in total. The number of rotatable bonds is 5. The van der Waals surface area contributed by atoms with E-state index in [4.69, 9.17) is 16.3 Å².